The molecule has 0 radical (unpaired) electrons. The number of nitrogens with zero attached hydrogens (tertiary/aromatic N) is 2. The number of ether oxygens (including phenoxy) is 2. The van der Waals surface area contributed by atoms with E-state index in [0.717, 1.165) is 28.8 Å². The molecule has 34 heavy (non-hydrogen) atoms. The Hall–Kier alpha value is -4.02. The van der Waals surface area contributed by atoms with E-state index in [4.69, 9.17) is 14.7 Å². The molecule has 170 valence electrons. The maximum Gasteiger partial charge on any atom is 0.254 e. The zero-order valence-corrected chi connectivity index (χ0v) is 18.4. The number of likely N-dealkylation sites (tertiary alicyclic amines) is 1. The molecule has 0 aromatic heterocycles. The molecule has 3 aliphatic heterocycles. The van der Waals surface area contributed by atoms with Gasteiger partial charge in [-0.1, -0.05) is 18.2 Å². The summed E-state index contributed by atoms with van der Waals surface area (Å²) in [6.45, 7) is 0.780. The van der Waals surface area contributed by atoms with Crippen LogP contribution in [0.15, 0.2) is 60.7 Å². The summed E-state index contributed by atoms with van der Waals surface area (Å²) in [5.74, 6) is 1.28. The number of carbonyl (C=O) groups excluding carboxylic acids is 1. The molecule has 1 saturated heterocycles. The van der Waals surface area contributed by atoms with E-state index in [1.165, 1.54) is 0 Å². The maximum absolute atomic E-state index is 13.6. The highest BCUT2D eigenvalue weighted by Crippen LogP contribution is 2.48. The normalized spacial score (nSPS) is 21.9. The van der Waals surface area contributed by atoms with Gasteiger partial charge in [-0.2, -0.15) is 5.26 Å². The molecule has 7 heteroatoms. The molecule has 1 fully saturated rings. The summed E-state index contributed by atoms with van der Waals surface area (Å²) in [5, 5.41) is 22.7. The Labute approximate surface area is 197 Å². The summed E-state index contributed by atoms with van der Waals surface area (Å²) in [4.78, 5) is 15.6. The molecule has 0 spiro atoms. The third-order valence-corrected chi connectivity index (χ3v) is 7.10. The van der Waals surface area contributed by atoms with E-state index in [-0.39, 0.29) is 37.3 Å². The molecular weight excluding hydrogens is 430 g/mol. The van der Waals surface area contributed by atoms with Gasteiger partial charge in [0.1, 0.15) is 0 Å². The lowest BCUT2D eigenvalue weighted by Crippen LogP contribution is -2.42. The van der Waals surface area contributed by atoms with Gasteiger partial charge in [0.15, 0.2) is 11.5 Å². The third-order valence-electron chi connectivity index (χ3n) is 7.10. The Morgan fingerprint density at radius 1 is 1.06 bits per heavy atom. The monoisotopic (exact) mass is 453 g/mol. The highest BCUT2D eigenvalue weighted by Gasteiger charge is 2.46. The van der Waals surface area contributed by atoms with Crippen molar-refractivity contribution in [1.82, 2.24) is 4.90 Å². The topological polar surface area (TPSA) is 94.8 Å². The molecule has 2 N–H and O–H groups in total. The summed E-state index contributed by atoms with van der Waals surface area (Å²) in [6, 6.07) is 20.9. The van der Waals surface area contributed by atoms with Crippen LogP contribution in [0.4, 0.5) is 5.69 Å². The molecule has 3 atom stereocenters. The standard InChI is InChI=1S/C27H23N3O4/c28-13-16-1-3-17(4-2-16)18-5-7-22-21(11-18)26-20(23(14-31)29-22)9-10-30(26)27(32)19-6-8-24-25(12-19)34-15-33-24/h1-8,11-12,20,23,26,29,31H,9-10,14-15H2/t20-,23-,26-/m0/s1. The molecule has 0 unspecified atom stereocenters. The number of nitriles is 1. The first-order valence-corrected chi connectivity index (χ1v) is 11.4. The zero-order chi connectivity index (χ0) is 23.2. The number of fused-ring (bicyclic) bond motifs is 4. The van der Waals surface area contributed by atoms with Crippen molar-refractivity contribution in [2.75, 3.05) is 25.3 Å². The number of anilines is 1. The fourth-order valence-electron chi connectivity index (χ4n) is 5.40. The number of hydrogen-bond donors (Lipinski definition) is 2. The van der Waals surface area contributed by atoms with Crippen molar-refractivity contribution in [1.29, 1.82) is 5.26 Å². The van der Waals surface area contributed by atoms with Crippen LogP contribution in [-0.2, 0) is 0 Å². The smallest absolute Gasteiger partial charge is 0.254 e. The van der Waals surface area contributed by atoms with Gasteiger partial charge in [0.2, 0.25) is 6.79 Å². The second kappa shape index (κ2) is 8.08. The number of amides is 1. The average molecular weight is 453 g/mol. The first-order valence-electron chi connectivity index (χ1n) is 11.4. The quantitative estimate of drug-likeness (QED) is 0.624. The number of nitrogens with one attached hydrogen (secondary N) is 1. The van der Waals surface area contributed by atoms with Gasteiger partial charge in [0, 0.05) is 23.7 Å². The molecule has 7 nitrogen and oxygen atoms in total. The van der Waals surface area contributed by atoms with Gasteiger partial charge in [0.05, 0.1) is 30.3 Å². The minimum Gasteiger partial charge on any atom is -0.454 e. The van der Waals surface area contributed by atoms with Gasteiger partial charge < -0.3 is 24.8 Å². The van der Waals surface area contributed by atoms with Crippen molar-refractivity contribution in [3.63, 3.8) is 0 Å². The van der Waals surface area contributed by atoms with E-state index < -0.39 is 0 Å². The Morgan fingerprint density at radius 3 is 2.65 bits per heavy atom. The summed E-state index contributed by atoms with van der Waals surface area (Å²) < 4.78 is 10.9. The lowest BCUT2D eigenvalue weighted by Gasteiger charge is -2.39. The Morgan fingerprint density at radius 2 is 1.85 bits per heavy atom. The van der Waals surface area contributed by atoms with Gasteiger partial charge >= 0.3 is 0 Å². The van der Waals surface area contributed by atoms with Crippen molar-refractivity contribution in [3.8, 4) is 28.7 Å². The Kier molecular flexibility index (Phi) is 4.89. The fourth-order valence-corrected chi connectivity index (χ4v) is 5.40. The van der Waals surface area contributed by atoms with Crippen LogP contribution in [0.25, 0.3) is 11.1 Å². The molecule has 1 amide bonds. The SMILES string of the molecule is N#Cc1ccc(-c2ccc3c(c2)[C@@H]2[C@@H](CCN2C(=O)c2ccc4c(c2)OCO4)[C@H](CO)N3)cc1. The second-order valence-electron chi connectivity index (χ2n) is 8.89. The van der Waals surface area contributed by atoms with Gasteiger partial charge in [-0.15, -0.1) is 0 Å². The van der Waals surface area contributed by atoms with E-state index in [0.29, 0.717) is 29.2 Å². The molecular formula is C27H23N3O4. The lowest BCUT2D eigenvalue weighted by atomic mass is 9.82. The van der Waals surface area contributed by atoms with Gasteiger partial charge in [-0.25, -0.2) is 0 Å². The van der Waals surface area contributed by atoms with E-state index >= 15 is 0 Å². The van der Waals surface area contributed by atoms with Crippen LogP contribution >= 0.6 is 0 Å². The number of rotatable bonds is 3. The van der Waals surface area contributed by atoms with Crippen LogP contribution in [0.5, 0.6) is 11.5 Å². The van der Waals surface area contributed by atoms with E-state index in [9.17, 15) is 9.90 Å². The summed E-state index contributed by atoms with van der Waals surface area (Å²) >= 11 is 0. The zero-order valence-electron chi connectivity index (χ0n) is 18.4. The van der Waals surface area contributed by atoms with Crippen LogP contribution in [0, 0.1) is 17.2 Å². The van der Waals surface area contributed by atoms with Gasteiger partial charge in [-0.3, -0.25) is 4.79 Å². The minimum absolute atomic E-state index is 0.00400. The number of hydrogen-bond acceptors (Lipinski definition) is 6. The van der Waals surface area contributed by atoms with E-state index in [1.54, 1.807) is 18.2 Å². The van der Waals surface area contributed by atoms with Crippen molar-refractivity contribution in [2.24, 2.45) is 5.92 Å². The predicted molar refractivity (Wildman–Crippen MR) is 126 cm³/mol. The second-order valence-corrected chi connectivity index (χ2v) is 8.89. The average Bonchev–Trinajstić information content (AvgIpc) is 3.55. The lowest BCUT2D eigenvalue weighted by molar-refractivity contribution is 0.0700. The van der Waals surface area contributed by atoms with E-state index in [2.05, 4.69) is 17.5 Å². The van der Waals surface area contributed by atoms with Gasteiger partial charge in [0.25, 0.3) is 5.91 Å². The van der Waals surface area contributed by atoms with Crippen molar-refractivity contribution in [2.45, 2.75) is 18.5 Å². The molecule has 3 aliphatic rings. The van der Waals surface area contributed by atoms with E-state index in [1.807, 2.05) is 41.3 Å². The predicted octanol–water partition coefficient (Wildman–Crippen LogP) is 3.94. The van der Waals surface area contributed by atoms with Crippen LogP contribution in [-0.4, -0.2) is 41.9 Å². The molecule has 3 heterocycles. The highest BCUT2D eigenvalue weighted by molar-refractivity contribution is 5.95. The molecule has 3 aromatic carbocycles. The number of benzene rings is 3. The number of aliphatic hydroxyl groups is 1. The maximum atomic E-state index is 13.6. The Balaban J connectivity index is 1.39. The first-order chi connectivity index (χ1) is 16.7. The Bertz CT molecular complexity index is 1310. The summed E-state index contributed by atoms with van der Waals surface area (Å²) in [7, 11) is 0. The van der Waals surface area contributed by atoms with Crippen molar-refractivity contribution >= 4 is 11.6 Å². The summed E-state index contributed by atoms with van der Waals surface area (Å²) in [6.07, 6.45) is 0.805. The molecule has 0 aliphatic carbocycles. The molecule has 3 aromatic rings. The van der Waals surface area contributed by atoms with Crippen LogP contribution in [0.1, 0.15) is 33.9 Å². The number of aliphatic hydroxyl groups excluding tert-OH is 1. The van der Waals surface area contributed by atoms with Crippen molar-refractivity contribution in [3.05, 3.63) is 77.4 Å². The van der Waals surface area contributed by atoms with Crippen molar-refractivity contribution < 1.29 is 19.4 Å². The third kappa shape index (κ3) is 3.27. The summed E-state index contributed by atoms with van der Waals surface area (Å²) in [5.41, 5.74) is 5.19. The fraction of sp³-hybridized carbons (Fsp3) is 0.259. The largest absolute Gasteiger partial charge is 0.454 e. The number of carbonyl (C=O) groups is 1. The molecule has 0 bridgehead atoms. The minimum atomic E-state index is -0.148. The van der Waals surface area contributed by atoms with Crippen LogP contribution < -0.4 is 14.8 Å². The first kappa shape index (κ1) is 20.6. The van der Waals surface area contributed by atoms with Crippen LogP contribution in [0.2, 0.25) is 0 Å². The highest BCUT2D eigenvalue weighted by atomic mass is 16.7. The van der Waals surface area contributed by atoms with Crippen LogP contribution in [0.3, 0.4) is 0 Å². The molecule has 6 rings (SSSR count). The molecule has 0 saturated carbocycles. The van der Waals surface area contributed by atoms with Gasteiger partial charge in [-0.05, 0) is 65.6 Å².